The van der Waals surface area contributed by atoms with E-state index in [9.17, 15) is 13.2 Å². The predicted molar refractivity (Wildman–Crippen MR) is 51.3 cm³/mol. The molecule has 15 heavy (non-hydrogen) atoms. The van der Waals surface area contributed by atoms with Gasteiger partial charge in [-0.2, -0.15) is 18.3 Å². The predicted octanol–water partition coefficient (Wildman–Crippen LogP) is 2.74. The number of nitrogens with zero attached hydrogens (tertiary/aromatic N) is 2. The Labute approximate surface area is 93.3 Å². The van der Waals surface area contributed by atoms with Gasteiger partial charge in [-0.1, -0.05) is 0 Å². The van der Waals surface area contributed by atoms with Gasteiger partial charge < -0.3 is 4.74 Å². The van der Waals surface area contributed by atoms with Crippen molar-refractivity contribution in [2.45, 2.75) is 25.7 Å². The van der Waals surface area contributed by atoms with Crippen LogP contribution in [0, 0.1) is 0 Å². The molecular weight excluding hydrogens is 277 g/mol. The highest BCUT2D eigenvalue weighted by molar-refractivity contribution is 9.10. The second-order valence-electron chi connectivity index (χ2n) is 2.98. The molecule has 3 nitrogen and oxygen atoms in total. The van der Waals surface area contributed by atoms with Gasteiger partial charge in [0.15, 0.2) is 0 Å². The minimum absolute atomic E-state index is 0.175. The van der Waals surface area contributed by atoms with Gasteiger partial charge in [-0.05, 0) is 15.9 Å². The van der Waals surface area contributed by atoms with Crippen molar-refractivity contribution in [1.82, 2.24) is 9.78 Å². The Hall–Kier alpha value is -0.560. The molecule has 0 amide bonds. The molecule has 0 fully saturated rings. The SMILES string of the molecule is COCc1nn(CCC(F)(F)F)cc1Br. The van der Waals surface area contributed by atoms with E-state index in [1.807, 2.05) is 0 Å². The van der Waals surface area contributed by atoms with Crippen LogP contribution in [0.4, 0.5) is 13.2 Å². The van der Waals surface area contributed by atoms with E-state index >= 15 is 0 Å². The fraction of sp³-hybridized carbons (Fsp3) is 0.625. The zero-order chi connectivity index (χ0) is 11.5. The summed E-state index contributed by atoms with van der Waals surface area (Å²) in [5.74, 6) is 0. The van der Waals surface area contributed by atoms with Crippen molar-refractivity contribution in [3.05, 3.63) is 16.4 Å². The number of hydrogen-bond donors (Lipinski definition) is 0. The lowest BCUT2D eigenvalue weighted by atomic mass is 10.4. The first kappa shape index (κ1) is 12.5. The Morgan fingerprint density at radius 1 is 1.53 bits per heavy atom. The van der Waals surface area contributed by atoms with E-state index in [2.05, 4.69) is 21.0 Å². The molecule has 0 aliphatic carbocycles. The fourth-order valence-corrected chi connectivity index (χ4v) is 1.46. The highest BCUT2D eigenvalue weighted by Gasteiger charge is 2.26. The van der Waals surface area contributed by atoms with Crippen LogP contribution in [0.2, 0.25) is 0 Å². The molecule has 86 valence electrons. The minimum atomic E-state index is -4.15. The molecule has 1 heterocycles. The Morgan fingerprint density at radius 2 is 2.20 bits per heavy atom. The fourth-order valence-electron chi connectivity index (χ4n) is 1.03. The van der Waals surface area contributed by atoms with Crippen LogP contribution < -0.4 is 0 Å². The van der Waals surface area contributed by atoms with Gasteiger partial charge in [0.1, 0.15) is 5.69 Å². The first-order valence-electron chi connectivity index (χ1n) is 4.20. The zero-order valence-corrected chi connectivity index (χ0v) is 9.60. The molecular formula is C8H10BrF3N2O. The summed E-state index contributed by atoms with van der Waals surface area (Å²) >= 11 is 3.19. The summed E-state index contributed by atoms with van der Waals surface area (Å²) in [6.45, 7) is 0.103. The van der Waals surface area contributed by atoms with Crippen molar-refractivity contribution in [3.63, 3.8) is 0 Å². The van der Waals surface area contributed by atoms with Gasteiger partial charge in [0.05, 0.1) is 17.5 Å². The third-order valence-electron chi connectivity index (χ3n) is 1.69. The third-order valence-corrected chi connectivity index (χ3v) is 2.36. The molecule has 0 bridgehead atoms. The summed E-state index contributed by atoms with van der Waals surface area (Å²) in [6, 6.07) is 0. The van der Waals surface area contributed by atoms with Crippen molar-refractivity contribution in [2.75, 3.05) is 7.11 Å². The maximum absolute atomic E-state index is 11.9. The van der Waals surface area contributed by atoms with Crippen LogP contribution in [-0.4, -0.2) is 23.1 Å². The maximum atomic E-state index is 11.9. The monoisotopic (exact) mass is 286 g/mol. The molecule has 0 spiro atoms. The van der Waals surface area contributed by atoms with Gasteiger partial charge in [-0.3, -0.25) is 4.68 Å². The average Bonchev–Trinajstić information content (AvgIpc) is 2.44. The van der Waals surface area contributed by atoms with Crippen molar-refractivity contribution < 1.29 is 17.9 Å². The third kappa shape index (κ3) is 4.21. The average molecular weight is 287 g/mol. The van der Waals surface area contributed by atoms with Crippen molar-refractivity contribution >= 4 is 15.9 Å². The molecule has 0 aliphatic heterocycles. The van der Waals surface area contributed by atoms with Gasteiger partial charge in [0.25, 0.3) is 0 Å². The standard InChI is InChI=1S/C8H10BrF3N2O/c1-15-5-7-6(9)4-14(13-7)3-2-8(10,11)12/h4H,2-3,5H2,1H3. The molecule has 1 aromatic heterocycles. The largest absolute Gasteiger partial charge is 0.390 e. The molecule has 1 rings (SSSR count). The maximum Gasteiger partial charge on any atom is 0.390 e. The molecule has 0 radical (unpaired) electrons. The smallest absolute Gasteiger partial charge is 0.378 e. The van der Waals surface area contributed by atoms with E-state index < -0.39 is 12.6 Å². The number of aromatic nitrogens is 2. The van der Waals surface area contributed by atoms with E-state index in [4.69, 9.17) is 4.74 Å². The number of ether oxygens (including phenoxy) is 1. The van der Waals surface area contributed by atoms with Crippen molar-refractivity contribution in [1.29, 1.82) is 0 Å². The molecule has 0 atom stereocenters. The second kappa shape index (κ2) is 4.98. The lowest BCUT2D eigenvalue weighted by molar-refractivity contribution is -0.137. The highest BCUT2D eigenvalue weighted by atomic mass is 79.9. The number of halogens is 4. The van der Waals surface area contributed by atoms with Crippen LogP contribution in [-0.2, 0) is 17.9 Å². The minimum Gasteiger partial charge on any atom is -0.378 e. The van der Waals surface area contributed by atoms with E-state index in [1.165, 1.54) is 18.0 Å². The summed E-state index contributed by atoms with van der Waals surface area (Å²) < 4.78 is 42.5. The van der Waals surface area contributed by atoms with Gasteiger partial charge in [-0.25, -0.2) is 0 Å². The van der Waals surface area contributed by atoms with Crippen molar-refractivity contribution in [2.24, 2.45) is 0 Å². The van der Waals surface area contributed by atoms with Crippen LogP contribution in [0.25, 0.3) is 0 Å². The van der Waals surface area contributed by atoms with Gasteiger partial charge in [-0.15, -0.1) is 0 Å². The van der Waals surface area contributed by atoms with Gasteiger partial charge in [0, 0.05) is 19.9 Å². The van der Waals surface area contributed by atoms with E-state index in [0.717, 1.165) is 0 Å². The number of hydrogen-bond acceptors (Lipinski definition) is 2. The van der Waals surface area contributed by atoms with Crippen LogP contribution in [0.1, 0.15) is 12.1 Å². The van der Waals surface area contributed by atoms with Crippen molar-refractivity contribution in [3.8, 4) is 0 Å². The van der Waals surface area contributed by atoms with Crippen LogP contribution in [0.5, 0.6) is 0 Å². The Balaban J connectivity index is 2.59. The summed E-state index contributed by atoms with van der Waals surface area (Å²) in [6.07, 6.45) is -3.52. The summed E-state index contributed by atoms with van der Waals surface area (Å²) in [7, 11) is 1.50. The van der Waals surface area contributed by atoms with E-state index in [0.29, 0.717) is 10.2 Å². The first-order chi connectivity index (χ1) is 6.92. The van der Waals surface area contributed by atoms with Gasteiger partial charge in [0.2, 0.25) is 0 Å². The summed E-state index contributed by atoms with van der Waals surface area (Å²) in [5, 5.41) is 3.95. The lowest BCUT2D eigenvalue weighted by Gasteiger charge is -2.05. The molecule has 0 aliphatic rings. The molecule has 1 aromatic rings. The normalized spacial score (nSPS) is 12.1. The van der Waals surface area contributed by atoms with Crippen LogP contribution in [0.15, 0.2) is 10.7 Å². The Kier molecular flexibility index (Phi) is 4.15. The van der Waals surface area contributed by atoms with E-state index in [-0.39, 0.29) is 13.2 Å². The Bertz CT molecular complexity index is 324. The zero-order valence-electron chi connectivity index (χ0n) is 8.01. The van der Waals surface area contributed by atoms with E-state index in [1.54, 1.807) is 0 Å². The molecule has 0 unspecified atom stereocenters. The molecule has 7 heteroatoms. The van der Waals surface area contributed by atoms with Gasteiger partial charge >= 0.3 is 6.18 Å². The number of aryl methyl sites for hydroxylation is 1. The lowest BCUT2D eigenvalue weighted by Crippen LogP contribution is -2.12. The molecule has 0 aromatic carbocycles. The highest BCUT2D eigenvalue weighted by Crippen LogP contribution is 2.21. The second-order valence-corrected chi connectivity index (χ2v) is 3.84. The summed E-state index contributed by atoms with van der Waals surface area (Å²) in [4.78, 5) is 0. The summed E-state index contributed by atoms with van der Waals surface area (Å²) in [5.41, 5.74) is 0.597. The first-order valence-corrected chi connectivity index (χ1v) is 4.99. The van der Waals surface area contributed by atoms with Crippen LogP contribution in [0.3, 0.4) is 0 Å². The quantitative estimate of drug-likeness (QED) is 0.851. The van der Waals surface area contributed by atoms with Crippen LogP contribution >= 0.6 is 15.9 Å². The molecule has 0 saturated heterocycles. The molecule has 0 N–H and O–H groups in total. The molecule has 0 saturated carbocycles. The number of methoxy groups -OCH3 is 1. The topological polar surface area (TPSA) is 27.1 Å². The number of alkyl halides is 3. The number of rotatable bonds is 4. The Morgan fingerprint density at radius 3 is 2.73 bits per heavy atom.